The molecular formula is C24H20ClN5O. The van der Waals surface area contributed by atoms with Gasteiger partial charge in [0.25, 0.3) is 5.56 Å². The van der Waals surface area contributed by atoms with Crippen molar-refractivity contribution in [1.29, 1.82) is 0 Å². The summed E-state index contributed by atoms with van der Waals surface area (Å²) in [6.07, 6.45) is 6.47. The van der Waals surface area contributed by atoms with Crippen molar-refractivity contribution in [2.75, 3.05) is 0 Å². The fourth-order valence-electron chi connectivity index (χ4n) is 4.22. The molecule has 1 fully saturated rings. The minimum atomic E-state index is -0.145. The van der Waals surface area contributed by atoms with E-state index in [0.29, 0.717) is 16.5 Å². The van der Waals surface area contributed by atoms with Gasteiger partial charge in [0.2, 0.25) is 0 Å². The molecule has 0 amide bonds. The Morgan fingerprint density at radius 1 is 1.03 bits per heavy atom. The van der Waals surface area contributed by atoms with Crippen molar-refractivity contribution in [3.05, 3.63) is 76.3 Å². The Labute approximate surface area is 183 Å². The van der Waals surface area contributed by atoms with Gasteiger partial charge in [-0.3, -0.25) is 9.48 Å². The summed E-state index contributed by atoms with van der Waals surface area (Å²) >= 11 is 6.12. The summed E-state index contributed by atoms with van der Waals surface area (Å²) < 4.78 is 5.45. The number of aryl methyl sites for hydroxylation is 1. The van der Waals surface area contributed by atoms with Crippen molar-refractivity contribution in [2.45, 2.75) is 19.4 Å². The molecule has 1 saturated carbocycles. The molecule has 0 bridgehead atoms. The molecule has 0 atom stereocenters. The summed E-state index contributed by atoms with van der Waals surface area (Å²) in [7, 11) is 1.89. The third kappa shape index (κ3) is 3.15. The van der Waals surface area contributed by atoms with Gasteiger partial charge in [-0.2, -0.15) is 14.9 Å². The standard InChI is InChI=1S/C24H20ClN5O/c1-28-14-17-12-19(8-9-20(17)26-28)30-24(31)22(16-4-6-18(25)7-5-16)23-21(27-30)10-11-29(23)13-15-2-3-15/h4-12,14-15H,2-3,13H2,1H3. The molecule has 0 spiro atoms. The average molecular weight is 430 g/mol. The highest BCUT2D eigenvalue weighted by atomic mass is 35.5. The van der Waals surface area contributed by atoms with Crippen LogP contribution in [0.5, 0.6) is 0 Å². The molecule has 0 radical (unpaired) electrons. The minimum Gasteiger partial charge on any atom is -0.345 e. The van der Waals surface area contributed by atoms with Gasteiger partial charge in [0.1, 0.15) is 5.52 Å². The highest BCUT2D eigenvalue weighted by molar-refractivity contribution is 6.30. The van der Waals surface area contributed by atoms with E-state index in [2.05, 4.69) is 9.67 Å². The van der Waals surface area contributed by atoms with E-state index in [9.17, 15) is 4.79 Å². The number of hydrogen-bond acceptors (Lipinski definition) is 3. The van der Waals surface area contributed by atoms with Crippen molar-refractivity contribution in [3.8, 4) is 16.8 Å². The van der Waals surface area contributed by atoms with Gasteiger partial charge in [0.15, 0.2) is 0 Å². The van der Waals surface area contributed by atoms with Crippen molar-refractivity contribution in [2.24, 2.45) is 13.0 Å². The number of hydrogen-bond donors (Lipinski definition) is 0. The first-order chi connectivity index (χ1) is 15.1. The lowest BCUT2D eigenvalue weighted by Crippen LogP contribution is -2.23. The van der Waals surface area contributed by atoms with Gasteiger partial charge < -0.3 is 4.57 Å². The van der Waals surface area contributed by atoms with E-state index in [-0.39, 0.29) is 5.56 Å². The number of benzene rings is 2. The Kier molecular flexibility index (Phi) is 4.05. The summed E-state index contributed by atoms with van der Waals surface area (Å²) in [5, 5.41) is 10.8. The predicted octanol–water partition coefficient (Wildman–Crippen LogP) is 4.80. The lowest BCUT2D eigenvalue weighted by Gasteiger charge is -2.12. The molecule has 0 N–H and O–H groups in total. The van der Waals surface area contributed by atoms with Crippen LogP contribution in [0.3, 0.4) is 0 Å². The normalized spacial score (nSPS) is 14.0. The number of halogens is 1. The summed E-state index contributed by atoms with van der Waals surface area (Å²) in [4.78, 5) is 13.8. The number of aromatic nitrogens is 5. The van der Waals surface area contributed by atoms with Crippen LogP contribution in [0.2, 0.25) is 5.02 Å². The summed E-state index contributed by atoms with van der Waals surface area (Å²) in [6.45, 7) is 0.914. The molecule has 0 aliphatic heterocycles. The monoisotopic (exact) mass is 429 g/mol. The number of rotatable bonds is 4. The third-order valence-electron chi connectivity index (χ3n) is 5.92. The average Bonchev–Trinajstić information content (AvgIpc) is 3.37. The Morgan fingerprint density at radius 2 is 1.84 bits per heavy atom. The van der Waals surface area contributed by atoms with E-state index in [4.69, 9.17) is 16.7 Å². The molecule has 5 aromatic rings. The van der Waals surface area contributed by atoms with Gasteiger partial charge in [-0.15, -0.1) is 0 Å². The van der Waals surface area contributed by atoms with E-state index in [0.717, 1.165) is 39.7 Å². The molecule has 3 aromatic heterocycles. The smallest absolute Gasteiger partial charge is 0.281 e. The Bertz CT molecular complexity index is 1510. The van der Waals surface area contributed by atoms with Crippen molar-refractivity contribution < 1.29 is 0 Å². The van der Waals surface area contributed by atoms with Crippen LogP contribution >= 0.6 is 11.6 Å². The molecule has 7 heteroatoms. The first-order valence-electron chi connectivity index (χ1n) is 10.4. The third-order valence-corrected chi connectivity index (χ3v) is 6.18. The maximum absolute atomic E-state index is 13.8. The predicted molar refractivity (Wildman–Crippen MR) is 123 cm³/mol. The van der Waals surface area contributed by atoms with Crippen molar-refractivity contribution in [1.82, 2.24) is 24.1 Å². The molecule has 0 saturated heterocycles. The van der Waals surface area contributed by atoms with Crippen LogP contribution in [-0.2, 0) is 13.6 Å². The van der Waals surface area contributed by atoms with Crippen molar-refractivity contribution >= 4 is 33.5 Å². The lowest BCUT2D eigenvalue weighted by atomic mass is 10.1. The molecule has 6 rings (SSSR count). The van der Waals surface area contributed by atoms with Crippen LogP contribution in [0.4, 0.5) is 0 Å². The molecular weight excluding hydrogens is 410 g/mol. The zero-order valence-corrected chi connectivity index (χ0v) is 17.8. The van der Waals surface area contributed by atoms with Gasteiger partial charge >= 0.3 is 0 Å². The van der Waals surface area contributed by atoms with Crippen LogP contribution < -0.4 is 5.56 Å². The maximum atomic E-state index is 13.8. The van der Waals surface area contributed by atoms with E-state index in [1.807, 2.05) is 68.0 Å². The topological polar surface area (TPSA) is 57.6 Å². The molecule has 31 heavy (non-hydrogen) atoms. The zero-order valence-electron chi connectivity index (χ0n) is 17.0. The molecule has 6 nitrogen and oxygen atoms in total. The highest BCUT2D eigenvalue weighted by Gasteiger charge is 2.24. The zero-order chi connectivity index (χ0) is 21.1. The first kappa shape index (κ1) is 18.4. The second-order valence-corrected chi connectivity index (χ2v) is 8.73. The maximum Gasteiger partial charge on any atom is 0.281 e. The molecule has 2 aromatic carbocycles. The SMILES string of the molecule is Cn1cc2cc(-n3nc4ccn(CC5CC5)c4c(-c4ccc(Cl)cc4)c3=O)ccc2n1. The summed E-state index contributed by atoms with van der Waals surface area (Å²) in [5.41, 5.74) is 4.64. The summed E-state index contributed by atoms with van der Waals surface area (Å²) in [6, 6.07) is 15.2. The van der Waals surface area contributed by atoms with E-state index in [1.165, 1.54) is 17.5 Å². The second-order valence-electron chi connectivity index (χ2n) is 8.29. The fourth-order valence-corrected chi connectivity index (χ4v) is 4.35. The number of fused-ring (bicyclic) bond motifs is 2. The van der Waals surface area contributed by atoms with Crippen LogP contribution in [0.1, 0.15) is 12.8 Å². The molecule has 154 valence electrons. The lowest BCUT2D eigenvalue weighted by molar-refractivity contribution is 0.646. The van der Waals surface area contributed by atoms with Crippen LogP contribution in [-0.4, -0.2) is 24.1 Å². The molecule has 3 heterocycles. The Balaban J connectivity index is 1.62. The molecule has 0 unspecified atom stereocenters. The highest BCUT2D eigenvalue weighted by Crippen LogP contribution is 2.34. The van der Waals surface area contributed by atoms with Gasteiger partial charge in [0, 0.05) is 36.4 Å². The van der Waals surface area contributed by atoms with E-state index >= 15 is 0 Å². The molecule has 1 aliphatic carbocycles. The van der Waals surface area contributed by atoms with Crippen LogP contribution in [0.15, 0.2) is 65.7 Å². The quantitative estimate of drug-likeness (QED) is 0.412. The van der Waals surface area contributed by atoms with Gasteiger partial charge in [-0.05, 0) is 60.7 Å². The molecule has 1 aliphatic rings. The number of nitrogens with zero attached hydrogens (tertiary/aromatic N) is 5. The van der Waals surface area contributed by atoms with Gasteiger partial charge in [0.05, 0.1) is 22.3 Å². The second kappa shape index (κ2) is 6.82. The van der Waals surface area contributed by atoms with Gasteiger partial charge in [-0.25, -0.2) is 0 Å². The fraction of sp³-hybridized carbons (Fsp3) is 0.208. The van der Waals surface area contributed by atoms with Crippen LogP contribution in [0, 0.1) is 5.92 Å². The minimum absolute atomic E-state index is 0.145. The first-order valence-corrected chi connectivity index (χ1v) is 10.8. The van der Waals surface area contributed by atoms with Gasteiger partial charge in [-0.1, -0.05) is 23.7 Å². The Hall–Kier alpha value is -3.38. The largest absolute Gasteiger partial charge is 0.345 e. The Morgan fingerprint density at radius 3 is 2.61 bits per heavy atom. The van der Waals surface area contributed by atoms with Crippen LogP contribution in [0.25, 0.3) is 38.8 Å². The summed E-state index contributed by atoms with van der Waals surface area (Å²) in [5.74, 6) is 0.684. The van der Waals surface area contributed by atoms with E-state index in [1.54, 1.807) is 4.68 Å². The van der Waals surface area contributed by atoms with E-state index < -0.39 is 0 Å². The van der Waals surface area contributed by atoms with Crippen molar-refractivity contribution in [3.63, 3.8) is 0 Å².